The molecule has 0 bridgehead atoms. The molecule has 1 heterocycles. The number of nitrogens with one attached hydrogen (secondary N) is 1. The Morgan fingerprint density at radius 3 is 2.46 bits per heavy atom. The topological polar surface area (TPSA) is 58.6 Å². The van der Waals surface area contributed by atoms with Gasteiger partial charge in [-0.3, -0.25) is 4.79 Å². The second kappa shape index (κ2) is 7.47. The van der Waals surface area contributed by atoms with Gasteiger partial charge in [-0.05, 0) is 30.7 Å². The highest BCUT2D eigenvalue weighted by Gasteiger charge is 2.40. The first-order valence-electron chi connectivity index (χ1n) is 8.44. The number of carbonyl (C=O) groups is 1. The van der Waals surface area contributed by atoms with Crippen LogP contribution in [0.5, 0.6) is 5.75 Å². The average Bonchev–Trinajstić information content (AvgIpc) is 2.56. The number of aromatic hydroxyl groups is 1. The van der Waals surface area contributed by atoms with Crippen molar-refractivity contribution in [2.24, 2.45) is 0 Å². The molecule has 0 radical (unpaired) electrons. The molecule has 3 rings (SSSR count). The van der Waals surface area contributed by atoms with Gasteiger partial charge in [0, 0.05) is 35.9 Å². The highest BCUT2D eigenvalue weighted by Crippen LogP contribution is 2.46. The summed E-state index contributed by atoms with van der Waals surface area (Å²) in [6.45, 7) is 3.50. The first-order chi connectivity index (χ1) is 12.3. The van der Waals surface area contributed by atoms with Gasteiger partial charge in [0.1, 0.15) is 5.75 Å². The van der Waals surface area contributed by atoms with Crippen molar-refractivity contribution in [1.82, 2.24) is 5.32 Å². The summed E-state index contributed by atoms with van der Waals surface area (Å²) in [5.74, 6) is -0.0839. The van der Waals surface area contributed by atoms with Crippen molar-refractivity contribution in [2.75, 3.05) is 0 Å². The number of hydrogen-bond acceptors (Lipinski definition) is 3. The van der Waals surface area contributed by atoms with Crippen molar-refractivity contribution in [1.29, 1.82) is 0 Å². The lowest BCUT2D eigenvalue weighted by molar-refractivity contribution is -0.126. The Bertz CT molecular complexity index is 809. The molecular formula is C20H21Cl2NO3. The zero-order valence-electron chi connectivity index (χ0n) is 14.6. The summed E-state index contributed by atoms with van der Waals surface area (Å²) >= 11 is 12.1. The largest absolute Gasteiger partial charge is 0.506 e. The molecule has 1 amide bonds. The summed E-state index contributed by atoms with van der Waals surface area (Å²) in [6, 6.07) is 12.7. The van der Waals surface area contributed by atoms with E-state index < -0.39 is 11.6 Å². The van der Waals surface area contributed by atoms with E-state index in [2.05, 4.69) is 5.32 Å². The normalized spacial score (nSPS) is 25.7. The third-order valence-corrected chi connectivity index (χ3v) is 5.24. The molecule has 1 aliphatic heterocycles. The van der Waals surface area contributed by atoms with E-state index >= 15 is 0 Å². The molecule has 0 saturated carbocycles. The second-order valence-corrected chi connectivity index (χ2v) is 7.84. The summed E-state index contributed by atoms with van der Waals surface area (Å²) in [6.07, 6.45) is 0.498. The van der Waals surface area contributed by atoms with Crippen LogP contribution in [0.2, 0.25) is 10.0 Å². The van der Waals surface area contributed by atoms with Crippen LogP contribution in [0.3, 0.4) is 0 Å². The van der Waals surface area contributed by atoms with Crippen LogP contribution in [-0.2, 0) is 9.53 Å². The standard InChI is InChI=1S/C20H21Cl2NO3/c1-12(24)23-20(2)10-17(13-6-8-14(21)9-7-13)26-18(11-20)15-4-3-5-16(22)19(15)25/h3-9,17-18,25H,10-11H2,1-2H3,(H,23,24)/t17-,18+,20-/m0/s1. The Hall–Kier alpha value is -1.75. The predicted molar refractivity (Wildman–Crippen MR) is 103 cm³/mol. The highest BCUT2D eigenvalue weighted by molar-refractivity contribution is 6.32. The number of ether oxygens (including phenoxy) is 1. The van der Waals surface area contributed by atoms with Gasteiger partial charge in [0.25, 0.3) is 0 Å². The van der Waals surface area contributed by atoms with E-state index in [1.54, 1.807) is 18.2 Å². The fraction of sp³-hybridized carbons (Fsp3) is 0.350. The zero-order chi connectivity index (χ0) is 18.9. The number of rotatable bonds is 3. The lowest BCUT2D eigenvalue weighted by atomic mass is 9.81. The summed E-state index contributed by atoms with van der Waals surface area (Å²) in [5.41, 5.74) is 1.11. The number of phenolic OH excluding ortho intramolecular Hbond substituents is 1. The first-order valence-corrected chi connectivity index (χ1v) is 9.20. The SMILES string of the molecule is CC(=O)N[C@@]1(C)C[C@@H](c2ccc(Cl)cc2)O[C@@H](c2cccc(Cl)c2O)C1. The van der Waals surface area contributed by atoms with E-state index in [1.807, 2.05) is 31.2 Å². The highest BCUT2D eigenvalue weighted by atomic mass is 35.5. The Morgan fingerprint density at radius 1 is 1.15 bits per heavy atom. The van der Waals surface area contributed by atoms with E-state index in [4.69, 9.17) is 27.9 Å². The summed E-state index contributed by atoms with van der Waals surface area (Å²) in [7, 11) is 0. The molecule has 26 heavy (non-hydrogen) atoms. The van der Waals surface area contributed by atoms with Crippen LogP contribution in [-0.4, -0.2) is 16.6 Å². The van der Waals surface area contributed by atoms with Crippen LogP contribution in [0.25, 0.3) is 0 Å². The minimum Gasteiger partial charge on any atom is -0.506 e. The molecule has 3 atom stereocenters. The zero-order valence-corrected chi connectivity index (χ0v) is 16.1. The van der Waals surface area contributed by atoms with E-state index in [-0.39, 0.29) is 22.8 Å². The molecule has 2 aromatic carbocycles. The van der Waals surface area contributed by atoms with Crippen molar-refractivity contribution in [3.05, 3.63) is 63.6 Å². The number of carbonyl (C=O) groups excluding carboxylic acids is 1. The molecule has 0 unspecified atom stereocenters. The Balaban J connectivity index is 1.97. The predicted octanol–water partition coefficient (Wildman–Crippen LogP) is 5.19. The van der Waals surface area contributed by atoms with Gasteiger partial charge in [0.15, 0.2) is 0 Å². The van der Waals surface area contributed by atoms with E-state index in [1.165, 1.54) is 6.92 Å². The minimum absolute atomic E-state index is 0.0149. The van der Waals surface area contributed by atoms with Crippen LogP contribution >= 0.6 is 23.2 Å². The van der Waals surface area contributed by atoms with Crippen molar-refractivity contribution in [3.63, 3.8) is 0 Å². The molecule has 0 spiro atoms. The Morgan fingerprint density at radius 2 is 1.81 bits per heavy atom. The molecule has 1 saturated heterocycles. The summed E-state index contributed by atoms with van der Waals surface area (Å²) in [5, 5.41) is 14.4. The van der Waals surface area contributed by atoms with Gasteiger partial charge in [-0.1, -0.05) is 47.5 Å². The molecule has 138 valence electrons. The molecule has 6 heteroatoms. The molecule has 1 aliphatic rings. The van der Waals surface area contributed by atoms with Crippen molar-refractivity contribution >= 4 is 29.1 Å². The molecule has 0 aliphatic carbocycles. The molecule has 2 N–H and O–H groups in total. The quantitative estimate of drug-likeness (QED) is 0.754. The number of hydrogen-bond donors (Lipinski definition) is 2. The van der Waals surface area contributed by atoms with Gasteiger partial charge in [0.2, 0.25) is 5.91 Å². The van der Waals surface area contributed by atoms with Gasteiger partial charge in [0.05, 0.1) is 17.2 Å². The van der Waals surface area contributed by atoms with Gasteiger partial charge >= 0.3 is 0 Å². The van der Waals surface area contributed by atoms with Crippen LogP contribution in [0, 0.1) is 0 Å². The van der Waals surface area contributed by atoms with E-state index in [0.29, 0.717) is 23.4 Å². The maximum absolute atomic E-state index is 11.7. The molecule has 0 aromatic heterocycles. The monoisotopic (exact) mass is 393 g/mol. The van der Waals surface area contributed by atoms with Crippen molar-refractivity contribution < 1.29 is 14.6 Å². The lowest BCUT2D eigenvalue weighted by Crippen LogP contribution is -2.50. The van der Waals surface area contributed by atoms with Gasteiger partial charge in [-0.2, -0.15) is 0 Å². The fourth-order valence-corrected chi connectivity index (χ4v) is 3.88. The van der Waals surface area contributed by atoms with Crippen LogP contribution in [0.15, 0.2) is 42.5 Å². The lowest BCUT2D eigenvalue weighted by Gasteiger charge is -2.43. The van der Waals surface area contributed by atoms with E-state index in [9.17, 15) is 9.90 Å². The van der Waals surface area contributed by atoms with Gasteiger partial charge < -0.3 is 15.2 Å². The average molecular weight is 394 g/mol. The maximum atomic E-state index is 11.7. The summed E-state index contributed by atoms with van der Waals surface area (Å²) < 4.78 is 6.30. The molecular weight excluding hydrogens is 373 g/mol. The van der Waals surface area contributed by atoms with Crippen LogP contribution < -0.4 is 5.32 Å². The first kappa shape index (κ1) is 19.0. The Kier molecular flexibility index (Phi) is 5.47. The number of halogens is 2. The minimum atomic E-state index is -0.478. The summed E-state index contributed by atoms with van der Waals surface area (Å²) in [4.78, 5) is 11.7. The molecule has 1 fully saturated rings. The number of phenols is 1. The van der Waals surface area contributed by atoms with Crippen LogP contribution in [0.1, 0.15) is 50.0 Å². The number of para-hydroxylation sites is 1. The number of benzene rings is 2. The third-order valence-electron chi connectivity index (χ3n) is 4.68. The molecule has 4 nitrogen and oxygen atoms in total. The fourth-order valence-electron chi connectivity index (χ4n) is 3.57. The van der Waals surface area contributed by atoms with E-state index in [0.717, 1.165) is 5.56 Å². The van der Waals surface area contributed by atoms with Gasteiger partial charge in [-0.25, -0.2) is 0 Å². The van der Waals surface area contributed by atoms with Crippen molar-refractivity contribution in [2.45, 2.75) is 44.4 Å². The third kappa shape index (κ3) is 4.14. The Labute approximate surface area is 163 Å². The maximum Gasteiger partial charge on any atom is 0.217 e. The molecule has 2 aromatic rings. The van der Waals surface area contributed by atoms with Crippen LogP contribution in [0.4, 0.5) is 0 Å². The second-order valence-electron chi connectivity index (χ2n) is 6.99. The number of amides is 1. The van der Waals surface area contributed by atoms with Crippen molar-refractivity contribution in [3.8, 4) is 5.75 Å². The smallest absolute Gasteiger partial charge is 0.217 e. The van der Waals surface area contributed by atoms with Gasteiger partial charge in [-0.15, -0.1) is 0 Å².